The molecule has 0 aromatic heterocycles. The lowest BCUT2D eigenvalue weighted by Crippen LogP contribution is -2.35. The van der Waals surface area contributed by atoms with E-state index in [1.165, 1.54) is 12.0 Å². The molecule has 3 aromatic carbocycles. The van der Waals surface area contributed by atoms with Gasteiger partial charge in [-0.15, -0.1) is 0 Å². The van der Waals surface area contributed by atoms with Crippen LogP contribution in [0, 0.1) is 0 Å². The standard InChI is InChI=1S/C26H27NO6/c1-30-23-13-20(14-24(15-23)31-2)16-27(17-25(28)32-3)26(29)21-11-9-19(10-12-21)18-33-22-7-5-4-6-8-22/h4-15H,16-18H2,1-3H3. The van der Waals surface area contributed by atoms with Crippen LogP contribution < -0.4 is 14.2 Å². The van der Waals surface area contributed by atoms with Gasteiger partial charge in [0.05, 0.1) is 21.3 Å². The Bertz CT molecular complexity index is 1040. The Kier molecular flexibility index (Phi) is 8.30. The molecular formula is C26H27NO6. The molecule has 0 unspecified atom stereocenters. The van der Waals surface area contributed by atoms with Gasteiger partial charge < -0.3 is 23.8 Å². The van der Waals surface area contributed by atoms with Crippen LogP contribution in [0.25, 0.3) is 0 Å². The first kappa shape index (κ1) is 23.7. The van der Waals surface area contributed by atoms with Gasteiger partial charge in [0.25, 0.3) is 5.91 Å². The molecule has 0 saturated carbocycles. The number of amides is 1. The zero-order valence-corrected chi connectivity index (χ0v) is 18.9. The second kappa shape index (κ2) is 11.6. The number of methoxy groups -OCH3 is 3. The predicted octanol–water partition coefficient (Wildman–Crippen LogP) is 4.10. The van der Waals surface area contributed by atoms with Gasteiger partial charge in [0.1, 0.15) is 30.4 Å². The summed E-state index contributed by atoms with van der Waals surface area (Å²) < 4.78 is 21.2. The monoisotopic (exact) mass is 449 g/mol. The molecule has 0 radical (unpaired) electrons. The van der Waals surface area contributed by atoms with Crippen LogP contribution in [0.5, 0.6) is 17.2 Å². The minimum atomic E-state index is -0.508. The topological polar surface area (TPSA) is 74.3 Å². The summed E-state index contributed by atoms with van der Waals surface area (Å²) in [5.41, 5.74) is 2.14. The van der Waals surface area contributed by atoms with Gasteiger partial charge in [0.2, 0.25) is 0 Å². The summed E-state index contributed by atoms with van der Waals surface area (Å²) in [5, 5.41) is 0. The van der Waals surface area contributed by atoms with E-state index in [4.69, 9.17) is 18.9 Å². The van der Waals surface area contributed by atoms with Gasteiger partial charge in [0, 0.05) is 18.2 Å². The fourth-order valence-electron chi connectivity index (χ4n) is 3.21. The Hall–Kier alpha value is -4.00. The largest absolute Gasteiger partial charge is 0.497 e. The van der Waals surface area contributed by atoms with Crippen molar-refractivity contribution in [2.24, 2.45) is 0 Å². The third kappa shape index (κ3) is 6.74. The van der Waals surface area contributed by atoms with E-state index in [9.17, 15) is 9.59 Å². The van der Waals surface area contributed by atoms with E-state index in [-0.39, 0.29) is 19.0 Å². The van der Waals surface area contributed by atoms with Crippen LogP contribution in [0.4, 0.5) is 0 Å². The lowest BCUT2D eigenvalue weighted by atomic mass is 10.1. The minimum absolute atomic E-state index is 0.181. The van der Waals surface area contributed by atoms with Crippen molar-refractivity contribution in [1.29, 1.82) is 0 Å². The number of nitrogens with zero attached hydrogens (tertiary/aromatic N) is 1. The Balaban J connectivity index is 1.75. The highest BCUT2D eigenvalue weighted by Crippen LogP contribution is 2.24. The van der Waals surface area contributed by atoms with Crippen LogP contribution in [-0.4, -0.2) is 44.7 Å². The number of benzene rings is 3. The van der Waals surface area contributed by atoms with Crippen molar-refractivity contribution in [1.82, 2.24) is 4.90 Å². The van der Waals surface area contributed by atoms with Crippen LogP contribution in [0.15, 0.2) is 72.8 Å². The summed E-state index contributed by atoms with van der Waals surface area (Å²) in [6.45, 7) is 0.377. The summed E-state index contributed by atoms with van der Waals surface area (Å²) in [4.78, 5) is 26.6. The second-order valence-electron chi connectivity index (χ2n) is 7.26. The van der Waals surface area contributed by atoms with E-state index in [1.807, 2.05) is 42.5 Å². The van der Waals surface area contributed by atoms with Gasteiger partial charge in [-0.1, -0.05) is 30.3 Å². The van der Waals surface area contributed by atoms with E-state index < -0.39 is 5.97 Å². The van der Waals surface area contributed by atoms with Crippen LogP contribution in [0.1, 0.15) is 21.5 Å². The fourth-order valence-corrected chi connectivity index (χ4v) is 3.21. The molecule has 0 heterocycles. The average molecular weight is 450 g/mol. The molecule has 0 bridgehead atoms. The van der Waals surface area contributed by atoms with Gasteiger partial charge >= 0.3 is 5.97 Å². The summed E-state index contributed by atoms with van der Waals surface area (Å²) in [7, 11) is 4.40. The van der Waals surface area contributed by atoms with Crippen molar-refractivity contribution in [3.63, 3.8) is 0 Å². The van der Waals surface area contributed by atoms with E-state index in [0.717, 1.165) is 16.9 Å². The van der Waals surface area contributed by atoms with Crippen molar-refractivity contribution in [2.45, 2.75) is 13.2 Å². The van der Waals surface area contributed by atoms with Gasteiger partial charge in [-0.3, -0.25) is 9.59 Å². The van der Waals surface area contributed by atoms with Crippen molar-refractivity contribution >= 4 is 11.9 Å². The van der Waals surface area contributed by atoms with Crippen LogP contribution >= 0.6 is 0 Å². The molecular weight excluding hydrogens is 422 g/mol. The average Bonchev–Trinajstić information content (AvgIpc) is 2.87. The number of ether oxygens (including phenoxy) is 4. The molecule has 172 valence electrons. The first-order valence-corrected chi connectivity index (χ1v) is 10.4. The molecule has 7 nitrogen and oxygen atoms in total. The third-order valence-corrected chi connectivity index (χ3v) is 4.97. The highest BCUT2D eigenvalue weighted by molar-refractivity contribution is 5.96. The molecule has 3 aromatic rings. The summed E-state index contributed by atoms with van der Waals surface area (Å²) >= 11 is 0. The Morgan fingerprint density at radius 3 is 1.97 bits per heavy atom. The maximum absolute atomic E-state index is 13.2. The molecule has 0 aliphatic heterocycles. The summed E-state index contributed by atoms with van der Waals surface area (Å²) in [6, 6.07) is 22.0. The van der Waals surface area contributed by atoms with Crippen molar-refractivity contribution < 1.29 is 28.5 Å². The van der Waals surface area contributed by atoms with E-state index >= 15 is 0 Å². The molecule has 7 heteroatoms. The number of rotatable bonds is 10. The second-order valence-corrected chi connectivity index (χ2v) is 7.26. The molecule has 0 spiro atoms. The van der Waals surface area contributed by atoms with Gasteiger partial charge in [-0.05, 0) is 47.5 Å². The maximum Gasteiger partial charge on any atom is 0.325 e. The number of hydrogen-bond donors (Lipinski definition) is 0. The minimum Gasteiger partial charge on any atom is -0.497 e. The molecule has 3 rings (SSSR count). The first-order chi connectivity index (χ1) is 16.0. The zero-order chi connectivity index (χ0) is 23.6. The molecule has 0 aliphatic rings. The molecule has 0 atom stereocenters. The SMILES string of the molecule is COC(=O)CN(Cc1cc(OC)cc(OC)c1)C(=O)c1ccc(COc2ccccc2)cc1. The number of carbonyl (C=O) groups excluding carboxylic acids is 2. The molecule has 0 aliphatic carbocycles. The highest BCUT2D eigenvalue weighted by atomic mass is 16.5. The van der Waals surface area contributed by atoms with Crippen molar-refractivity contribution in [3.05, 3.63) is 89.5 Å². The molecule has 1 amide bonds. The van der Waals surface area contributed by atoms with E-state index in [0.29, 0.717) is 23.7 Å². The predicted molar refractivity (Wildman–Crippen MR) is 124 cm³/mol. The Morgan fingerprint density at radius 1 is 0.758 bits per heavy atom. The zero-order valence-electron chi connectivity index (χ0n) is 18.9. The van der Waals surface area contributed by atoms with Gasteiger partial charge in [-0.25, -0.2) is 0 Å². The summed E-state index contributed by atoms with van der Waals surface area (Å²) in [5.74, 6) is 1.16. The molecule has 33 heavy (non-hydrogen) atoms. The van der Waals surface area contributed by atoms with Gasteiger partial charge in [0.15, 0.2) is 0 Å². The van der Waals surface area contributed by atoms with Crippen molar-refractivity contribution in [2.75, 3.05) is 27.9 Å². The van der Waals surface area contributed by atoms with E-state index in [1.54, 1.807) is 44.6 Å². The summed E-state index contributed by atoms with van der Waals surface area (Å²) in [6.07, 6.45) is 0. The Labute approximate surface area is 193 Å². The third-order valence-electron chi connectivity index (χ3n) is 4.97. The van der Waals surface area contributed by atoms with Gasteiger partial charge in [-0.2, -0.15) is 0 Å². The van der Waals surface area contributed by atoms with Crippen LogP contribution in [0.3, 0.4) is 0 Å². The van der Waals surface area contributed by atoms with Crippen molar-refractivity contribution in [3.8, 4) is 17.2 Å². The quantitative estimate of drug-likeness (QED) is 0.434. The smallest absolute Gasteiger partial charge is 0.325 e. The lowest BCUT2D eigenvalue weighted by Gasteiger charge is -2.22. The number of carbonyl (C=O) groups is 2. The lowest BCUT2D eigenvalue weighted by molar-refractivity contribution is -0.141. The fraction of sp³-hybridized carbons (Fsp3) is 0.231. The van der Waals surface area contributed by atoms with E-state index in [2.05, 4.69) is 0 Å². The van der Waals surface area contributed by atoms with Crippen LogP contribution in [0.2, 0.25) is 0 Å². The highest BCUT2D eigenvalue weighted by Gasteiger charge is 2.20. The first-order valence-electron chi connectivity index (χ1n) is 10.4. The number of para-hydroxylation sites is 1. The van der Waals surface area contributed by atoms with Crippen LogP contribution in [-0.2, 0) is 22.7 Å². The normalized spacial score (nSPS) is 10.3. The number of esters is 1. The molecule has 0 fully saturated rings. The number of hydrogen-bond acceptors (Lipinski definition) is 6. The maximum atomic E-state index is 13.2. The molecule has 0 saturated heterocycles. The Morgan fingerprint density at radius 2 is 1.39 bits per heavy atom. The molecule has 0 N–H and O–H groups in total.